The number of fused-ring (bicyclic) bond motifs is 1. The Morgan fingerprint density at radius 1 is 1.03 bits per heavy atom. The van der Waals surface area contributed by atoms with Crippen LogP contribution in [0.3, 0.4) is 0 Å². The smallest absolute Gasteiger partial charge is 0.224 e. The molecule has 0 fully saturated rings. The second kappa shape index (κ2) is 7.70. The number of nitrogens with one attached hydrogen (secondary N) is 1. The van der Waals surface area contributed by atoms with Crippen molar-refractivity contribution in [1.82, 2.24) is 29.4 Å². The number of aryl methyl sites for hydroxylation is 5. The first-order chi connectivity index (χ1) is 14.3. The van der Waals surface area contributed by atoms with Crippen LogP contribution in [0.25, 0.3) is 11.5 Å². The average molecular weight is 403 g/mol. The van der Waals surface area contributed by atoms with Crippen molar-refractivity contribution in [3.63, 3.8) is 0 Å². The SMILES string of the molecule is Cc1cc(C)n(-c2ccc(NC(=O)CCc3c(C)nc4cc(C)nn4c3C)cn2)n1. The highest BCUT2D eigenvalue weighted by atomic mass is 16.1. The Kier molecular flexibility index (Phi) is 5.07. The monoisotopic (exact) mass is 403 g/mol. The number of hydrogen-bond donors (Lipinski definition) is 1. The van der Waals surface area contributed by atoms with Gasteiger partial charge >= 0.3 is 0 Å². The maximum absolute atomic E-state index is 12.5. The van der Waals surface area contributed by atoms with E-state index in [9.17, 15) is 4.79 Å². The van der Waals surface area contributed by atoms with Crippen molar-refractivity contribution < 1.29 is 4.79 Å². The van der Waals surface area contributed by atoms with E-state index in [2.05, 4.69) is 25.5 Å². The molecule has 0 saturated heterocycles. The molecule has 0 spiro atoms. The number of anilines is 1. The van der Waals surface area contributed by atoms with Crippen LogP contribution >= 0.6 is 0 Å². The van der Waals surface area contributed by atoms with E-state index in [0.29, 0.717) is 18.5 Å². The summed E-state index contributed by atoms with van der Waals surface area (Å²) >= 11 is 0. The molecule has 8 heteroatoms. The summed E-state index contributed by atoms with van der Waals surface area (Å²) in [7, 11) is 0. The lowest BCUT2D eigenvalue weighted by molar-refractivity contribution is -0.116. The molecule has 0 aromatic carbocycles. The molecule has 0 aliphatic rings. The fraction of sp³-hybridized carbons (Fsp3) is 0.318. The number of hydrogen-bond acceptors (Lipinski definition) is 5. The van der Waals surface area contributed by atoms with Crippen molar-refractivity contribution in [2.75, 3.05) is 5.32 Å². The number of rotatable bonds is 5. The summed E-state index contributed by atoms with van der Waals surface area (Å²) in [5, 5.41) is 11.8. The number of carbonyl (C=O) groups is 1. The van der Waals surface area contributed by atoms with Crippen LogP contribution in [0, 0.1) is 34.6 Å². The van der Waals surface area contributed by atoms with E-state index in [4.69, 9.17) is 0 Å². The normalized spacial score (nSPS) is 11.2. The molecule has 4 rings (SSSR count). The minimum absolute atomic E-state index is 0.0637. The summed E-state index contributed by atoms with van der Waals surface area (Å²) in [6.07, 6.45) is 2.61. The van der Waals surface area contributed by atoms with Gasteiger partial charge in [0.2, 0.25) is 5.91 Å². The molecule has 0 aliphatic carbocycles. The van der Waals surface area contributed by atoms with Gasteiger partial charge in [0.05, 0.1) is 23.3 Å². The highest BCUT2D eigenvalue weighted by Gasteiger charge is 2.13. The van der Waals surface area contributed by atoms with Crippen LogP contribution in [-0.4, -0.2) is 35.3 Å². The zero-order valence-corrected chi connectivity index (χ0v) is 17.9. The number of nitrogens with zero attached hydrogens (tertiary/aromatic N) is 6. The first-order valence-electron chi connectivity index (χ1n) is 9.94. The molecule has 8 nitrogen and oxygen atoms in total. The topological polar surface area (TPSA) is 90.0 Å². The second-order valence-corrected chi connectivity index (χ2v) is 7.61. The molecular weight excluding hydrogens is 378 g/mol. The Balaban J connectivity index is 1.43. The van der Waals surface area contributed by atoms with E-state index >= 15 is 0 Å². The lowest BCUT2D eigenvalue weighted by atomic mass is 10.1. The Hall–Kier alpha value is -3.55. The molecule has 0 unspecified atom stereocenters. The molecule has 0 aliphatic heterocycles. The molecular formula is C22H25N7O. The lowest BCUT2D eigenvalue weighted by Gasteiger charge is -2.11. The van der Waals surface area contributed by atoms with Crippen LogP contribution in [0.5, 0.6) is 0 Å². The number of amides is 1. The highest BCUT2D eigenvalue weighted by Crippen LogP contribution is 2.18. The second-order valence-electron chi connectivity index (χ2n) is 7.61. The summed E-state index contributed by atoms with van der Waals surface area (Å²) in [6.45, 7) is 9.87. The Morgan fingerprint density at radius 3 is 2.47 bits per heavy atom. The van der Waals surface area contributed by atoms with Gasteiger partial charge in [0.15, 0.2) is 11.5 Å². The minimum Gasteiger partial charge on any atom is -0.325 e. The van der Waals surface area contributed by atoms with E-state index in [1.807, 2.05) is 63.4 Å². The third-order valence-corrected chi connectivity index (χ3v) is 5.15. The van der Waals surface area contributed by atoms with Gasteiger partial charge in [0.1, 0.15) is 0 Å². The zero-order chi connectivity index (χ0) is 21.4. The van der Waals surface area contributed by atoms with Crippen LogP contribution in [0.1, 0.15) is 40.5 Å². The van der Waals surface area contributed by atoms with Crippen molar-refractivity contribution in [3.05, 3.63) is 64.5 Å². The summed E-state index contributed by atoms with van der Waals surface area (Å²) < 4.78 is 3.63. The van der Waals surface area contributed by atoms with Crippen molar-refractivity contribution in [2.45, 2.75) is 47.5 Å². The maximum atomic E-state index is 12.5. The average Bonchev–Trinajstić information content (AvgIpc) is 3.23. The molecule has 4 aromatic rings. The Morgan fingerprint density at radius 2 is 1.80 bits per heavy atom. The zero-order valence-electron chi connectivity index (χ0n) is 17.9. The predicted octanol–water partition coefficient (Wildman–Crippen LogP) is 3.42. The van der Waals surface area contributed by atoms with Crippen molar-refractivity contribution in [1.29, 1.82) is 0 Å². The van der Waals surface area contributed by atoms with Gasteiger partial charge in [-0.25, -0.2) is 19.2 Å². The van der Waals surface area contributed by atoms with Crippen molar-refractivity contribution >= 4 is 17.2 Å². The maximum Gasteiger partial charge on any atom is 0.224 e. The fourth-order valence-electron chi connectivity index (χ4n) is 3.71. The molecule has 0 bridgehead atoms. The van der Waals surface area contributed by atoms with E-state index in [0.717, 1.165) is 45.5 Å². The van der Waals surface area contributed by atoms with E-state index in [1.54, 1.807) is 10.9 Å². The molecule has 1 N–H and O–H groups in total. The first kappa shape index (κ1) is 19.8. The van der Waals surface area contributed by atoms with Gasteiger partial charge in [0, 0.05) is 29.6 Å². The summed E-state index contributed by atoms with van der Waals surface area (Å²) in [4.78, 5) is 21.5. The predicted molar refractivity (Wildman–Crippen MR) is 115 cm³/mol. The quantitative estimate of drug-likeness (QED) is 0.551. The third-order valence-electron chi connectivity index (χ3n) is 5.15. The number of pyridine rings is 1. The van der Waals surface area contributed by atoms with Gasteiger partial charge in [-0.1, -0.05) is 0 Å². The van der Waals surface area contributed by atoms with Crippen LogP contribution in [0.4, 0.5) is 5.69 Å². The summed E-state index contributed by atoms with van der Waals surface area (Å²) in [5.74, 6) is 0.657. The number of aromatic nitrogens is 6. The van der Waals surface area contributed by atoms with Crippen LogP contribution in [0.2, 0.25) is 0 Å². The van der Waals surface area contributed by atoms with E-state index < -0.39 is 0 Å². The van der Waals surface area contributed by atoms with Crippen molar-refractivity contribution in [2.24, 2.45) is 0 Å². The molecule has 0 radical (unpaired) electrons. The first-order valence-corrected chi connectivity index (χ1v) is 9.94. The van der Waals surface area contributed by atoms with Crippen LogP contribution < -0.4 is 5.32 Å². The van der Waals surface area contributed by atoms with Gasteiger partial charge in [-0.15, -0.1) is 0 Å². The van der Waals surface area contributed by atoms with Crippen LogP contribution in [0.15, 0.2) is 30.5 Å². The molecule has 0 saturated carbocycles. The van der Waals surface area contributed by atoms with Gasteiger partial charge in [-0.3, -0.25) is 4.79 Å². The van der Waals surface area contributed by atoms with E-state index in [-0.39, 0.29) is 5.91 Å². The van der Waals surface area contributed by atoms with Gasteiger partial charge in [-0.2, -0.15) is 10.2 Å². The van der Waals surface area contributed by atoms with Gasteiger partial charge in [0.25, 0.3) is 0 Å². The molecule has 4 aromatic heterocycles. The lowest BCUT2D eigenvalue weighted by Crippen LogP contribution is -2.14. The molecule has 0 atom stereocenters. The standard InChI is InChI=1S/C22H25N7O/c1-13-10-15(3)28(26-13)20-8-6-18(12-23-20)25-22(30)9-7-19-16(4)24-21-11-14(2)27-29(21)17(19)5/h6,8,10-12H,7,9H2,1-5H3,(H,25,30). The Labute approximate surface area is 175 Å². The summed E-state index contributed by atoms with van der Waals surface area (Å²) in [6, 6.07) is 7.64. The molecule has 4 heterocycles. The van der Waals surface area contributed by atoms with Gasteiger partial charge in [-0.05, 0) is 64.8 Å². The molecule has 154 valence electrons. The van der Waals surface area contributed by atoms with Crippen molar-refractivity contribution in [3.8, 4) is 5.82 Å². The van der Waals surface area contributed by atoms with E-state index in [1.165, 1.54) is 0 Å². The largest absolute Gasteiger partial charge is 0.325 e. The molecule has 30 heavy (non-hydrogen) atoms. The fourth-order valence-corrected chi connectivity index (χ4v) is 3.71. The minimum atomic E-state index is -0.0637. The third kappa shape index (κ3) is 3.80. The van der Waals surface area contributed by atoms with Crippen LogP contribution in [-0.2, 0) is 11.2 Å². The highest BCUT2D eigenvalue weighted by molar-refractivity contribution is 5.90. The number of carbonyl (C=O) groups excluding carboxylic acids is 1. The summed E-state index contributed by atoms with van der Waals surface area (Å²) in [5.41, 5.74) is 7.39. The van der Waals surface area contributed by atoms with Gasteiger partial charge < -0.3 is 5.32 Å². The molecule has 1 amide bonds. The Bertz CT molecular complexity index is 1230.